The second kappa shape index (κ2) is 11.1. The van der Waals surface area contributed by atoms with Crippen LogP contribution >= 0.6 is 0 Å². The quantitative estimate of drug-likeness (QED) is 0.426. The first-order chi connectivity index (χ1) is 20.3. The number of cyclic esters (lactones) is 1. The van der Waals surface area contributed by atoms with Crippen LogP contribution in [0, 0.1) is 0 Å². The number of hydrogen-bond donors (Lipinski definition) is 2. The largest absolute Gasteiger partial charge is 0.493 e. The number of nitrogens with two attached hydrogens (primary N) is 1. The second-order valence-corrected chi connectivity index (χ2v) is 10.7. The van der Waals surface area contributed by atoms with Crippen molar-refractivity contribution in [2.45, 2.75) is 24.7 Å². The van der Waals surface area contributed by atoms with Crippen molar-refractivity contribution in [2.75, 3.05) is 74.6 Å². The molecule has 13 nitrogen and oxygen atoms in total. The fraction of sp³-hybridized carbons (Fsp3) is 0.517. The SMILES string of the molecule is COc1ccc2c(c1OC)C(=O)O[C@]2(N)[C@H]1c2c(c(CNC(=O)CN3CCOCC3)c3c(c2OC)OCO3)CCN1C. The Bertz CT molecular complexity index is 1410. The van der Waals surface area contributed by atoms with Crippen LogP contribution in [0.3, 0.4) is 0 Å². The van der Waals surface area contributed by atoms with E-state index in [0.717, 1.165) is 11.1 Å². The summed E-state index contributed by atoms with van der Waals surface area (Å²) in [4.78, 5) is 30.4. The maximum Gasteiger partial charge on any atom is 0.344 e. The molecule has 4 aliphatic heterocycles. The van der Waals surface area contributed by atoms with Crippen LogP contribution in [0.2, 0.25) is 0 Å². The van der Waals surface area contributed by atoms with Gasteiger partial charge in [-0.25, -0.2) is 4.79 Å². The number of fused-ring (bicyclic) bond motifs is 3. The molecule has 226 valence electrons. The first kappa shape index (κ1) is 28.3. The standard InChI is InChI=1S/C29H36N4O9/c1-32-8-7-16-17(13-31-20(34)14-33-9-11-39-12-10-33)23-26(41-15-40-23)25(38-4)21(16)27(32)29(30)18-5-6-19(36-2)24(37-3)22(18)28(35)42-29/h5-6,27H,7-15,30H2,1-4H3,(H,31,34)/t27-,29+/m1/s1. The number of nitrogens with one attached hydrogen (secondary N) is 1. The van der Waals surface area contributed by atoms with Crippen molar-refractivity contribution in [1.82, 2.24) is 15.1 Å². The Morgan fingerprint density at radius 1 is 1.07 bits per heavy atom. The van der Waals surface area contributed by atoms with Crippen LogP contribution in [-0.4, -0.2) is 96.2 Å². The van der Waals surface area contributed by atoms with Crippen LogP contribution in [0.15, 0.2) is 12.1 Å². The Hall–Kier alpha value is -3.78. The molecule has 4 heterocycles. The van der Waals surface area contributed by atoms with E-state index in [-0.39, 0.29) is 37.1 Å². The van der Waals surface area contributed by atoms with Gasteiger partial charge in [-0.05, 0) is 31.2 Å². The molecule has 0 aromatic heterocycles. The van der Waals surface area contributed by atoms with Gasteiger partial charge in [0.25, 0.3) is 0 Å². The minimum Gasteiger partial charge on any atom is -0.493 e. The number of ether oxygens (including phenoxy) is 7. The van der Waals surface area contributed by atoms with Gasteiger partial charge in [-0.1, -0.05) is 0 Å². The van der Waals surface area contributed by atoms with E-state index < -0.39 is 17.7 Å². The van der Waals surface area contributed by atoms with Gasteiger partial charge in [0.15, 0.2) is 23.0 Å². The molecular formula is C29H36N4O9. The van der Waals surface area contributed by atoms with Gasteiger partial charge in [0.05, 0.1) is 47.1 Å². The normalized spacial score (nSPS) is 23.2. The smallest absolute Gasteiger partial charge is 0.344 e. The molecule has 1 amide bonds. The first-order valence-electron chi connectivity index (χ1n) is 13.9. The fourth-order valence-electron chi connectivity index (χ4n) is 6.50. The Kier molecular flexibility index (Phi) is 7.51. The summed E-state index contributed by atoms with van der Waals surface area (Å²) in [6.45, 7) is 3.73. The van der Waals surface area contributed by atoms with Crippen LogP contribution in [-0.2, 0) is 33.0 Å². The van der Waals surface area contributed by atoms with Crippen molar-refractivity contribution in [3.8, 4) is 28.7 Å². The molecular weight excluding hydrogens is 548 g/mol. The number of amides is 1. The Morgan fingerprint density at radius 3 is 2.52 bits per heavy atom. The van der Waals surface area contributed by atoms with Crippen molar-refractivity contribution in [1.29, 1.82) is 0 Å². The van der Waals surface area contributed by atoms with Crippen molar-refractivity contribution in [2.24, 2.45) is 5.73 Å². The summed E-state index contributed by atoms with van der Waals surface area (Å²) in [6, 6.07) is 2.77. The number of likely N-dealkylation sites (N-methyl/N-ethyl adjacent to an activating group) is 1. The number of benzene rings is 2. The van der Waals surface area contributed by atoms with Crippen molar-refractivity contribution in [3.63, 3.8) is 0 Å². The van der Waals surface area contributed by atoms with Gasteiger partial charge in [0, 0.05) is 42.9 Å². The number of rotatable bonds is 8. The first-order valence-corrected chi connectivity index (χ1v) is 13.9. The van der Waals surface area contributed by atoms with Crippen LogP contribution in [0.25, 0.3) is 0 Å². The maximum absolute atomic E-state index is 13.3. The molecule has 4 aliphatic rings. The highest BCUT2D eigenvalue weighted by atomic mass is 16.7. The Morgan fingerprint density at radius 2 is 1.81 bits per heavy atom. The average molecular weight is 585 g/mol. The lowest BCUT2D eigenvalue weighted by atomic mass is 9.80. The number of morpholine rings is 1. The van der Waals surface area contributed by atoms with Gasteiger partial charge in [0.1, 0.15) is 5.56 Å². The van der Waals surface area contributed by atoms with Gasteiger partial charge < -0.3 is 38.5 Å². The average Bonchev–Trinajstić information content (AvgIpc) is 3.57. The fourth-order valence-corrected chi connectivity index (χ4v) is 6.50. The summed E-state index contributed by atoms with van der Waals surface area (Å²) < 4.78 is 40.1. The summed E-state index contributed by atoms with van der Waals surface area (Å²) in [7, 11) is 6.44. The molecule has 3 N–H and O–H groups in total. The molecule has 0 bridgehead atoms. The van der Waals surface area contributed by atoms with E-state index in [2.05, 4.69) is 10.2 Å². The highest BCUT2D eigenvalue weighted by Gasteiger charge is 2.55. The van der Waals surface area contributed by atoms with E-state index in [0.29, 0.717) is 73.4 Å². The molecule has 6 rings (SSSR count). The van der Waals surface area contributed by atoms with E-state index in [1.54, 1.807) is 19.2 Å². The molecule has 13 heteroatoms. The van der Waals surface area contributed by atoms with E-state index in [4.69, 9.17) is 38.9 Å². The Balaban J connectivity index is 1.43. The summed E-state index contributed by atoms with van der Waals surface area (Å²) >= 11 is 0. The van der Waals surface area contributed by atoms with E-state index in [9.17, 15) is 9.59 Å². The lowest BCUT2D eigenvalue weighted by Gasteiger charge is -2.44. The third-order valence-corrected chi connectivity index (χ3v) is 8.43. The molecule has 0 unspecified atom stereocenters. The molecule has 2 aromatic rings. The minimum absolute atomic E-state index is 0.00635. The summed E-state index contributed by atoms with van der Waals surface area (Å²) in [6.07, 6.45) is 0.618. The summed E-state index contributed by atoms with van der Waals surface area (Å²) in [5.74, 6) is 1.34. The highest BCUT2D eigenvalue weighted by Crippen LogP contribution is 2.57. The molecule has 42 heavy (non-hydrogen) atoms. The monoisotopic (exact) mass is 584 g/mol. The number of carbonyl (C=O) groups excluding carboxylic acids is 2. The van der Waals surface area contributed by atoms with Gasteiger partial charge in [-0.3, -0.25) is 20.3 Å². The molecule has 1 saturated heterocycles. The van der Waals surface area contributed by atoms with Gasteiger partial charge in [-0.2, -0.15) is 0 Å². The van der Waals surface area contributed by atoms with Crippen molar-refractivity contribution in [3.05, 3.63) is 39.9 Å². The van der Waals surface area contributed by atoms with Crippen molar-refractivity contribution < 1.29 is 42.7 Å². The van der Waals surface area contributed by atoms with Gasteiger partial charge in [-0.15, -0.1) is 0 Å². The van der Waals surface area contributed by atoms with E-state index in [1.807, 2.05) is 11.9 Å². The minimum atomic E-state index is -1.60. The molecule has 1 fully saturated rings. The predicted molar refractivity (Wildman–Crippen MR) is 148 cm³/mol. The van der Waals surface area contributed by atoms with Crippen LogP contribution in [0.1, 0.15) is 38.7 Å². The summed E-state index contributed by atoms with van der Waals surface area (Å²) in [5, 5.41) is 3.06. The molecule has 0 saturated carbocycles. The van der Waals surface area contributed by atoms with Gasteiger partial charge in [0.2, 0.25) is 24.2 Å². The number of hydrogen-bond acceptors (Lipinski definition) is 12. The number of nitrogens with zero attached hydrogens (tertiary/aromatic N) is 2. The van der Waals surface area contributed by atoms with E-state index >= 15 is 0 Å². The van der Waals surface area contributed by atoms with E-state index in [1.165, 1.54) is 14.2 Å². The molecule has 2 aromatic carbocycles. The predicted octanol–water partition coefficient (Wildman–Crippen LogP) is 0.901. The number of carbonyl (C=O) groups is 2. The molecule has 0 spiro atoms. The molecule has 2 atom stereocenters. The third-order valence-electron chi connectivity index (χ3n) is 8.43. The number of methoxy groups -OCH3 is 3. The number of esters is 1. The lowest BCUT2D eigenvalue weighted by molar-refractivity contribution is -0.123. The lowest BCUT2D eigenvalue weighted by Crippen LogP contribution is -2.52. The van der Waals surface area contributed by atoms with Gasteiger partial charge >= 0.3 is 5.97 Å². The summed E-state index contributed by atoms with van der Waals surface area (Å²) in [5.41, 5.74) is 8.59. The van der Waals surface area contributed by atoms with Crippen molar-refractivity contribution >= 4 is 11.9 Å². The zero-order valence-electron chi connectivity index (χ0n) is 24.2. The van der Waals surface area contributed by atoms with Crippen LogP contribution in [0.5, 0.6) is 28.7 Å². The molecule has 0 radical (unpaired) electrons. The van der Waals surface area contributed by atoms with Crippen LogP contribution in [0.4, 0.5) is 0 Å². The Labute approximate surface area is 243 Å². The topological polar surface area (TPSA) is 143 Å². The van der Waals surface area contributed by atoms with Crippen LogP contribution < -0.4 is 34.7 Å². The maximum atomic E-state index is 13.3. The molecule has 0 aliphatic carbocycles. The highest BCUT2D eigenvalue weighted by molar-refractivity contribution is 5.99. The zero-order chi connectivity index (χ0) is 29.6. The zero-order valence-corrected chi connectivity index (χ0v) is 24.2. The third kappa shape index (κ3) is 4.47. The second-order valence-electron chi connectivity index (χ2n) is 10.7.